The molecule has 0 bridgehead atoms. The number of hydrogen-bond acceptors (Lipinski definition) is 7. The number of non-ortho nitro benzene ring substituents is 1. The van der Waals surface area contributed by atoms with Crippen LogP contribution >= 0.6 is 0 Å². The van der Waals surface area contributed by atoms with Gasteiger partial charge in [-0.2, -0.15) is 0 Å². The van der Waals surface area contributed by atoms with Gasteiger partial charge in [0.15, 0.2) is 5.82 Å². The van der Waals surface area contributed by atoms with E-state index in [4.69, 9.17) is 4.52 Å². The number of ketones is 1. The molecule has 1 aromatic heterocycles. The van der Waals surface area contributed by atoms with Crippen molar-refractivity contribution in [2.24, 2.45) is 0 Å². The fourth-order valence-corrected chi connectivity index (χ4v) is 3.42. The molecule has 1 N–H and O–H groups in total. The summed E-state index contributed by atoms with van der Waals surface area (Å²) in [6, 6.07) is 10.3. The Hall–Kier alpha value is -4.34. The molecule has 2 heterocycles. The van der Waals surface area contributed by atoms with E-state index < -0.39 is 34.2 Å². The summed E-state index contributed by atoms with van der Waals surface area (Å²) in [5.41, 5.74) is -0.261. The maximum absolute atomic E-state index is 13.3. The number of benzene rings is 2. The minimum Gasteiger partial charge on any atom is -0.507 e. The molecule has 10 heteroatoms. The van der Waals surface area contributed by atoms with Gasteiger partial charge in [-0.25, -0.2) is 4.39 Å². The molecule has 3 aromatic rings. The zero-order chi connectivity index (χ0) is 22.3. The maximum atomic E-state index is 13.3. The first kappa shape index (κ1) is 20.0. The SMILES string of the molecule is Cc1cc(N2C(=O)C(=O)C(=C(O)c3ccc(F)cc3)[C@@H]2c2cccc([N+](=O)[O-])c2)no1. The van der Waals surface area contributed by atoms with Crippen LogP contribution < -0.4 is 4.90 Å². The number of rotatable bonds is 4. The predicted molar refractivity (Wildman–Crippen MR) is 106 cm³/mol. The minimum absolute atomic E-state index is 0.00858. The molecule has 0 unspecified atom stereocenters. The third-order valence-corrected chi connectivity index (χ3v) is 4.82. The first-order valence-corrected chi connectivity index (χ1v) is 9.02. The van der Waals surface area contributed by atoms with E-state index in [0.29, 0.717) is 5.76 Å². The normalized spacial score (nSPS) is 17.9. The van der Waals surface area contributed by atoms with E-state index in [9.17, 15) is 29.2 Å². The Labute approximate surface area is 174 Å². The van der Waals surface area contributed by atoms with E-state index in [1.807, 2.05) is 0 Å². The number of Topliss-reactive ketones (excluding diaryl/α,β-unsaturated/α-hetero) is 1. The largest absolute Gasteiger partial charge is 0.507 e. The lowest BCUT2D eigenvalue weighted by atomic mass is 9.95. The van der Waals surface area contributed by atoms with Crippen LogP contribution in [-0.2, 0) is 9.59 Å². The second kappa shape index (κ2) is 7.48. The van der Waals surface area contributed by atoms with Crippen LogP contribution in [0.25, 0.3) is 5.76 Å². The molecule has 0 spiro atoms. The van der Waals surface area contributed by atoms with Gasteiger partial charge in [-0.1, -0.05) is 17.3 Å². The molecule has 0 radical (unpaired) electrons. The highest BCUT2D eigenvalue weighted by molar-refractivity contribution is 6.51. The summed E-state index contributed by atoms with van der Waals surface area (Å²) in [7, 11) is 0. The van der Waals surface area contributed by atoms with E-state index in [-0.39, 0.29) is 28.2 Å². The van der Waals surface area contributed by atoms with Gasteiger partial charge in [0.2, 0.25) is 0 Å². The molecule has 1 fully saturated rings. The molecule has 1 aliphatic heterocycles. The second-order valence-corrected chi connectivity index (χ2v) is 6.82. The summed E-state index contributed by atoms with van der Waals surface area (Å²) in [4.78, 5) is 37.4. The minimum atomic E-state index is -1.21. The number of hydrogen-bond donors (Lipinski definition) is 1. The van der Waals surface area contributed by atoms with Crippen molar-refractivity contribution in [3.8, 4) is 0 Å². The van der Waals surface area contributed by atoms with Crippen molar-refractivity contribution < 1.29 is 28.5 Å². The summed E-state index contributed by atoms with van der Waals surface area (Å²) in [6.45, 7) is 1.59. The average Bonchev–Trinajstić information content (AvgIpc) is 3.29. The smallest absolute Gasteiger partial charge is 0.301 e. The molecule has 1 amide bonds. The highest BCUT2D eigenvalue weighted by Crippen LogP contribution is 2.42. The molecule has 9 nitrogen and oxygen atoms in total. The number of nitro groups is 1. The Kier molecular flexibility index (Phi) is 4.82. The average molecular weight is 423 g/mol. The van der Waals surface area contributed by atoms with Crippen molar-refractivity contribution in [1.29, 1.82) is 0 Å². The number of amides is 1. The number of nitrogens with zero attached hydrogens (tertiary/aromatic N) is 3. The summed E-state index contributed by atoms with van der Waals surface area (Å²) < 4.78 is 18.3. The van der Waals surface area contributed by atoms with Gasteiger partial charge in [-0.3, -0.25) is 24.6 Å². The van der Waals surface area contributed by atoms with Crippen molar-refractivity contribution in [3.05, 3.63) is 93.0 Å². The molecule has 0 saturated carbocycles. The van der Waals surface area contributed by atoms with Crippen molar-refractivity contribution >= 4 is 29.0 Å². The molecular formula is C21H14FN3O6. The Morgan fingerprint density at radius 1 is 1.19 bits per heavy atom. The Morgan fingerprint density at radius 3 is 2.52 bits per heavy atom. The highest BCUT2D eigenvalue weighted by atomic mass is 19.1. The van der Waals surface area contributed by atoms with Crippen molar-refractivity contribution in [2.45, 2.75) is 13.0 Å². The third kappa shape index (κ3) is 3.44. The van der Waals surface area contributed by atoms with Gasteiger partial charge in [0.05, 0.1) is 16.5 Å². The quantitative estimate of drug-likeness (QED) is 0.223. The van der Waals surface area contributed by atoms with E-state index in [1.165, 1.54) is 42.5 Å². The number of aromatic nitrogens is 1. The molecule has 4 rings (SSSR count). The summed E-state index contributed by atoms with van der Waals surface area (Å²) in [6.07, 6.45) is 0. The first-order chi connectivity index (χ1) is 14.8. The zero-order valence-corrected chi connectivity index (χ0v) is 16.0. The number of aliphatic hydroxyl groups is 1. The van der Waals surface area contributed by atoms with Crippen LogP contribution in [0.5, 0.6) is 0 Å². The van der Waals surface area contributed by atoms with E-state index >= 15 is 0 Å². The fourth-order valence-electron chi connectivity index (χ4n) is 3.42. The molecule has 1 atom stereocenters. The number of aliphatic hydroxyl groups excluding tert-OH is 1. The van der Waals surface area contributed by atoms with E-state index in [0.717, 1.165) is 17.0 Å². The number of carbonyl (C=O) groups excluding carboxylic acids is 2. The van der Waals surface area contributed by atoms with Crippen LogP contribution in [0.2, 0.25) is 0 Å². The van der Waals surface area contributed by atoms with Crippen LogP contribution in [0.1, 0.15) is 22.9 Å². The number of aryl methyl sites for hydroxylation is 1. The van der Waals surface area contributed by atoms with Crippen LogP contribution in [0, 0.1) is 22.9 Å². The molecule has 0 aliphatic carbocycles. The number of nitro benzene ring substituents is 1. The summed E-state index contributed by atoms with van der Waals surface area (Å²) >= 11 is 0. The molecule has 156 valence electrons. The van der Waals surface area contributed by atoms with Crippen molar-refractivity contribution in [2.75, 3.05) is 4.90 Å². The molecule has 2 aromatic carbocycles. The molecule has 31 heavy (non-hydrogen) atoms. The van der Waals surface area contributed by atoms with E-state index in [1.54, 1.807) is 6.92 Å². The fraction of sp³-hybridized carbons (Fsp3) is 0.0952. The van der Waals surface area contributed by atoms with E-state index in [2.05, 4.69) is 5.16 Å². The topological polar surface area (TPSA) is 127 Å². The molecule has 1 saturated heterocycles. The summed E-state index contributed by atoms with van der Waals surface area (Å²) in [5.74, 6) is -2.72. The van der Waals surface area contributed by atoms with Crippen LogP contribution in [0.3, 0.4) is 0 Å². The van der Waals surface area contributed by atoms with Gasteiger partial charge in [-0.05, 0) is 36.8 Å². The standard InChI is InChI=1S/C21H14FN3O6/c1-11-9-16(23-31-11)24-18(13-3-2-4-15(10-13)25(29)30)17(20(27)21(24)28)19(26)12-5-7-14(22)8-6-12/h2-10,18,26H,1H3/t18-/m0/s1. The van der Waals surface area contributed by atoms with Crippen molar-refractivity contribution in [1.82, 2.24) is 5.16 Å². The Balaban J connectivity index is 1.96. The second-order valence-electron chi connectivity index (χ2n) is 6.82. The summed E-state index contributed by atoms with van der Waals surface area (Å²) in [5, 5.41) is 25.9. The number of anilines is 1. The van der Waals surface area contributed by atoms with Gasteiger partial charge in [0.1, 0.15) is 17.3 Å². The lowest BCUT2D eigenvalue weighted by molar-refractivity contribution is -0.384. The maximum Gasteiger partial charge on any atom is 0.301 e. The predicted octanol–water partition coefficient (Wildman–Crippen LogP) is 3.66. The van der Waals surface area contributed by atoms with Crippen LogP contribution in [0.4, 0.5) is 15.9 Å². The third-order valence-electron chi connectivity index (χ3n) is 4.82. The van der Waals surface area contributed by atoms with Gasteiger partial charge < -0.3 is 9.63 Å². The molecule has 1 aliphatic rings. The lowest BCUT2D eigenvalue weighted by Crippen LogP contribution is -2.29. The Morgan fingerprint density at radius 2 is 1.90 bits per heavy atom. The molecular weight excluding hydrogens is 409 g/mol. The Bertz CT molecular complexity index is 1250. The lowest BCUT2D eigenvalue weighted by Gasteiger charge is -2.22. The van der Waals surface area contributed by atoms with Gasteiger partial charge in [0.25, 0.3) is 11.5 Å². The van der Waals surface area contributed by atoms with Crippen LogP contribution in [-0.4, -0.2) is 26.9 Å². The first-order valence-electron chi connectivity index (χ1n) is 9.02. The van der Waals surface area contributed by atoms with Crippen LogP contribution in [0.15, 0.2) is 64.7 Å². The highest BCUT2D eigenvalue weighted by Gasteiger charge is 2.48. The number of carbonyl (C=O) groups is 2. The van der Waals surface area contributed by atoms with Gasteiger partial charge >= 0.3 is 5.91 Å². The van der Waals surface area contributed by atoms with Crippen molar-refractivity contribution in [3.63, 3.8) is 0 Å². The van der Waals surface area contributed by atoms with Gasteiger partial charge in [-0.15, -0.1) is 0 Å². The number of halogens is 1. The zero-order valence-electron chi connectivity index (χ0n) is 16.0. The monoisotopic (exact) mass is 423 g/mol. The van der Waals surface area contributed by atoms with Gasteiger partial charge in [0, 0.05) is 23.8 Å².